The molecule has 0 radical (unpaired) electrons. The van der Waals surface area contributed by atoms with E-state index in [1.807, 2.05) is 0 Å². The van der Waals surface area contributed by atoms with Gasteiger partial charge in [-0.25, -0.2) is 17.9 Å². The predicted molar refractivity (Wildman–Crippen MR) is 75.9 cm³/mol. The number of hydrogen-bond donors (Lipinski definition) is 2. The highest BCUT2D eigenvalue weighted by Gasteiger charge is 2.23. The quantitative estimate of drug-likeness (QED) is 0.878. The van der Waals surface area contributed by atoms with Gasteiger partial charge < -0.3 is 9.52 Å². The van der Waals surface area contributed by atoms with Crippen LogP contribution in [0.1, 0.15) is 21.9 Å². The second-order valence-corrected chi connectivity index (χ2v) is 6.46. The Labute approximate surface area is 126 Å². The second kappa shape index (κ2) is 5.88. The minimum Gasteiger partial charge on any atom is -0.475 e. The van der Waals surface area contributed by atoms with Gasteiger partial charge in [-0.15, -0.1) is 0 Å². The normalized spacial score (nSPS) is 11.5. The smallest absolute Gasteiger partial charge is 0.371 e. The Morgan fingerprint density at radius 2 is 2.10 bits per heavy atom. The lowest BCUT2D eigenvalue weighted by molar-refractivity contribution is 0.0661. The van der Waals surface area contributed by atoms with Crippen molar-refractivity contribution in [2.75, 3.05) is 0 Å². The Bertz CT molecular complexity index is 782. The Morgan fingerprint density at radius 1 is 1.38 bits per heavy atom. The van der Waals surface area contributed by atoms with Crippen LogP contribution in [0.15, 0.2) is 39.6 Å². The molecule has 21 heavy (non-hydrogen) atoms. The predicted octanol–water partition coefficient (Wildman–Crippen LogP) is 2.42. The van der Waals surface area contributed by atoms with E-state index in [4.69, 9.17) is 21.1 Å². The molecule has 0 aliphatic carbocycles. The summed E-state index contributed by atoms with van der Waals surface area (Å²) in [4.78, 5) is 10.6. The summed E-state index contributed by atoms with van der Waals surface area (Å²) in [7, 11) is -3.86. The molecule has 0 aliphatic rings. The fourth-order valence-corrected chi connectivity index (χ4v) is 3.15. The van der Waals surface area contributed by atoms with Crippen LogP contribution in [-0.2, 0) is 16.6 Å². The number of nitrogens with one attached hydrogen (secondary N) is 1. The number of furan rings is 1. The first kappa shape index (κ1) is 15.6. The maximum absolute atomic E-state index is 12.2. The zero-order chi connectivity index (χ0) is 15.6. The largest absolute Gasteiger partial charge is 0.475 e. The van der Waals surface area contributed by atoms with Gasteiger partial charge in [-0.05, 0) is 24.6 Å². The molecule has 112 valence electrons. The second-order valence-electron chi connectivity index (χ2n) is 4.29. The number of carbonyl (C=O) groups is 1. The Balaban J connectivity index is 2.21. The summed E-state index contributed by atoms with van der Waals surface area (Å²) < 4.78 is 31.6. The highest BCUT2D eigenvalue weighted by molar-refractivity contribution is 7.89. The molecule has 1 heterocycles. The van der Waals surface area contributed by atoms with Crippen LogP contribution in [0.25, 0.3) is 0 Å². The van der Waals surface area contributed by atoms with Gasteiger partial charge in [0.05, 0.1) is 0 Å². The number of rotatable bonds is 5. The maximum Gasteiger partial charge on any atom is 0.371 e. The third-order valence-corrected chi connectivity index (χ3v) is 4.47. The summed E-state index contributed by atoms with van der Waals surface area (Å²) in [5.74, 6) is -1.73. The summed E-state index contributed by atoms with van der Waals surface area (Å²) in [6, 6.07) is 7.72. The molecular formula is C13H12ClNO5S. The van der Waals surface area contributed by atoms with Gasteiger partial charge in [-0.2, -0.15) is 0 Å². The number of aryl methyl sites for hydroxylation is 1. The van der Waals surface area contributed by atoms with Crippen LogP contribution in [0, 0.1) is 6.92 Å². The minimum atomic E-state index is -3.86. The molecule has 2 aromatic rings. The standard InChI is InChI=1S/C13H12ClNO5S/c1-8-12(6-11(20-8)13(16)17)21(18,19)15-7-9-3-2-4-10(14)5-9/h2-6,15H,7H2,1H3,(H,16,17). The monoisotopic (exact) mass is 329 g/mol. The van der Waals surface area contributed by atoms with Crippen LogP contribution in [0.5, 0.6) is 0 Å². The lowest BCUT2D eigenvalue weighted by Gasteiger charge is -2.06. The molecule has 0 unspecified atom stereocenters. The minimum absolute atomic E-state index is 0.0194. The van der Waals surface area contributed by atoms with Crippen LogP contribution in [-0.4, -0.2) is 19.5 Å². The Morgan fingerprint density at radius 3 is 2.67 bits per heavy atom. The fourth-order valence-electron chi connectivity index (χ4n) is 1.74. The van der Waals surface area contributed by atoms with Crippen molar-refractivity contribution in [2.45, 2.75) is 18.4 Å². The van der Waals surface area contributed by atoms with Crippen molar-refractivity contribution in [2.24, 2.45) is 0 Å². The van der Waals surface area contributed by atoms with E-state index in [-0.39, 0.29) is 17.2 Å². The Kier molecular flexibility index (Phi) is 4.36. The first-order valence-corrected chi connectivity index (χ1v) is 7.73. The molecule has 0 saturated heterocycles. The molecule has 0 saturated carbocycles. The van der Waals surface area contributed by atoms with Crippen LogP contribution >= 0.6 is 11.6 Å². The van der Waals surface area contributed by atoms with Crippen molar-refractivity contribution in [1.29, 1.82) is 0 Å². The highest BCUT2D eigenvalue weighted by Crippen LogP contribution is 2.20. The van der Waals surface area contributed by atoms with E-state index in [9.17, 15) is 13.2 Å². The topological polar surface area (TPSA) is 96.6 Å². The van der Waals surface area contributed by atoms with Gasteiger partial charge in [0.1, 0.15) is 10.7 Å². The SMILES string of the molecule is Cc1oc(C(=O)O)cc1S(=O)(=O)NCc1cccc(Cl)c1. The van der Waals surface area contributed by atoms with E-state index in [1.165, 1.54) is 6.92 Å². The third-order valence-electron chi connectivity index (χ3n) is 2.73. The molecule has 0 aliphatic heterocycles. The summed E-state index contributed by atoms with van der Waals surface area (Å²) in [6.07, 6.45) is 0. The number of aromatic carboxylic acids is 1. The van der Waals surface area contributed by atoms with E-state index in [0.717, 1.165) is 6.07 Å². The average Bonchev–Trinajstić information content (AvgIpc) is 2.80. The van der Waals surface area contributed by atoms with E-state index in [0.29, 0.717) is 10.6 Å². The van der Waals surface area contributed by atoms with Gasteiger partial charge in [0.25, 0.3) is 0 Å². The van der Waals surface area contributed by atoms with Crippen molar-refractivity contribution in [3.05, 3.63) is 52.4 Å². The zero-order valence-corrected chi connectivity index (χ0v) is 12.5. The molecule has 1 aromatic heterocycles. The lowest BCUT2D eigenvalue weighted by atomic mass is 10.2. The molecule has 0 spiro atoms. The summed E-state index contributed by atoms with van der Waals surface area (Å²) in [5, 5.41) is 9.30. The van der Waals surface area contributed by atoms with Crippen molar-refractivity contribution in [1.82, 2.24) is 4.72 Å². The molecule has 8 heteroatoms. The van der Waals surface area contributed by atoms with Crippen molar-refractivity contribution >= 4 is 27.6 Å². The fraction of sp³-hybridized carbons (Fsp3) is 0.154. The molecule has 0 bridgehead atoms. The van der Waals surface area contributed by atoms with E-state index < -0.39 is 21.8 Å². The van der Waals surface area contributed by atoms with Gasteiger partial charge in [0.15, 0.2) is 0 Å². The third kappa shape index (κ3) is 3.63. The van der Waals surface area contributed by atoms with E-state index >= 15 is 0 Å². The molecule has 2 rings (SSSR count). The lowest BCUT2D eigenvalue weighted by Crippen LogP contribution is -2.23. The highest BCUT2D eigenvalue weighted by atomic mass is 35.5. The van der Waals surface area contributed by atoms with Crippen molar-refractivity contribution in [3.63, 3.8) is 0 Å². The maximum atomic E-state index is 12.2. The van der Waals surface area contributed by atoms with Gasteiger partial charge in [0.2, 0.25) is 15.8 Å². The van der Waals surface area contributed by atoms with Crippen LogP contribution in [0.3, 0.4) is 0 Å². The van der Waals surface area contributed by atoms with E-state index in [2.05, 4.69) is 4.72 Å². The van der Waals surface area contributed by atoms with Crippen LogP contribution in [0.4, 0.5) is 0 Å². The first-order valence-electron chi connectivity index (χ1n) is 5.87. The molecule has 2 N–H and O–H groups in total. The van der Waals surface area contributed by atoms with E-state index in [1.54, 1.807) is 24.3 Å². The number of benzene rings is 1. The molecule has 1 aromatic carbocycles. The molecule has 6 nitrogen and oxygen atoms in total. The van der Waals surface area contributed by atoms with Crippen LogP contribution < -0.4 is 4.72 Å². The number of hydrogen-bond acceptors (Lipinski definition) is 4. The van der Waals surface area contributed by atoms with Gasteiger partial charge in [0, 0.05) is 17.6 Å². The number of sulfonamides is 1. The van der Waals surface area contributed by atoms with Crippen LogP contribution in [0.2, 0.25) is 5.02 Å². The number of halogens is 1. The van der Waals surface area contributed by atoms with Gasteiger partial charge in [-0.1, -0.05) is 23.7 Å². The van der Waals surface area contributed by atoms with Crippen molar-refractivity contribution in [3.8, 4) is 0 Å². The van der Waals surface area contributed by atoms with Gasteiger partial charge >= 0.3 is 5.97 Å². The average molecular weight is 330 g/mol. The summed E-state index contributed by atoms with van der Waals surface area (Å²) >= 11 is 5.82. The number of carboxylic acids is 1. The summed E-state index contributed by atoms with van der Waals surface area (Å²) in [6.45, 7) is 1.43. The molecule has 0 atom stereocenters. The summed E-state index contributed by atoms with van der Waals surface area (Å²) in [5.41, 5.74) is 0.686. The zero-order valence-electron chi connectivity index (χ0n) is 11.0. The first-order chi connectivity index (χ1) is 9.79. The molecular weight excluding hydrogens is 318 g/mol. The molecule has 0 amide bonds. The Hall–Kier alpha value is -1.83. The molecule has 0 fully saturated rings. The van der Waals surface area contributed by atoms with Crippen molar-refractivity contribution < 1.29 is 22.7 Å². The number of carboxylic acid groups (broad SMARTS) is 1. The van der Waals surface area contributed by atoms with Gasteiger partial charge in [-0.3, -0.25) is 0 Å².